The first-order valence-electron chi connectivity index (χ1n) is 9.87. The van der Waals surface area contributed by atoms with E-state index in [-0.39, 0.29) is 29.9 Å². The number of aliphatic imine (C=N–C) groups is 1. The van der Waals surface area contributed by atoms with Crippen molar-refractivity contribution in [2.45, 2.75) is 45.8 Å². The number of aromatic nitrogens is 3. The van der Waals surface area contributed by atoms with E-state index in [1.807, 2.05) is 21.6 Å². The summed E-state index contributed by atoms with van der Waals surface area (Å²) in [6, 6.07) is 8.26. The molecule has 0 aliphatic carbocycles. The third-order valence-electron chi connectivity index (χ3n) is 4.93. The molecule has 1 aromatic heterocycles. The summed E-state index contributed by atoms with van der Waals surface area (Å²) in [5.41, 5.74) is 2.52. The van der Waals surface area contributed by atoms with Gasteiger partial charge in [0, 0.05) is 52.6 Å². The summed E-state index contributed by atoms with van der Waals surface area (Å²) in [5.74, 6) is 1.93. The Hall–Kier alpha value is -2.17. The molecule has 2 heterocycles. The lowest BCUT2D eigenvalue weighted by atomic mass is 10.1. The van der Waals surface area contributed by atoms with Crippen molar-refractivity contribution in [3.63, 3.8) is 0 Å². The summed E-state index contributed by atoms with van der Waals surface area (Å²) in [7, 11) is 1.75. The molecule has 1 aliphatic rings. The SMILES string of the molecule is CCc1nncn1CCNC(=NC)NCCCC(=O)N1Cc2ccccc2C1.I. The number of carbonyl (C=O) groups excluding carboxylic acids is 1. The van der Waals surface area contributed by atoms with Gasteiger partial charge in [-0.1, -0.05) is 31.2 Å². The number of hydrogen-bond acceptors (Lipinski definition) is 4. The van der Waals surface area contributed by atoms with E-state index in [0.29, 0.717) is 13.0 Å². The Balaban J connectivity index is 0.00000300. The summed E-state index contributed by atoms with van der Waals surface area (Å²) in [4.78, 5) is 18.6. The maximum atomic E-state index is 12.4. The van der Waals surface area contributed by atoms with Gasteiger partial charge in [-0.25, -0.2) is 0 Å². The second kappa shape index (κ2) is 11.7. The number of nitrogens with one attached hydrogen (secondary N) is 2. The third kappa shape index (κ3) is 6.41. The lowest BCUT2D eigenvalue weighted by Gasteiger charge is -2.16. The number of guanidine groups is 1. The number of amides is 1. The first-order chi connectivity index (χ1) is 13.7. The average molecular weight is 511 g/mol. The minimum Gasteiger partial charge on any atom is -0.356 e. The Bertz CT molecular complexity index is 796. The summed E-state index contributed by atoms with van der Waals surface area (Å²) in [5, 5.41) is 14.6. The number of fused-ring (bicyclic) bond motifs is 1. The highest BCUT2D eigenvalue weighted by Crippen LogP contribution is 2.22. The molecule has 8 nitrogen and oxygen atoms in total. The number of benzene rings is 1. The van der Waals surface area contributed by atoms with Gasteiger partial charge in [0.05, 0.1) is 0 Å². The van der Waals surface area contributed by atoms with Crippen molar-refractivity contribution >= 4 is 35.8 Å². The molecule has 0 fully saturated rings. The smallest absolute Gasteiger partial charge is 0.223 e. The van der Waals surface area contributed by atoms with E-state index < -0.39 is 0 Å². The highest BCUT2D eigenvalue weighted by molar-refractivity contribution is 14.0. The molecule has 1 aliphatic heterocycles. The Labute approximate surface area is 189 Å². The summed E-state index contributed by atoms with van der Waals surface area (Å²) < 4.78 is 2.03. The van der Waals surface area contributed by atoms with Gasteiger partial charge in [0.25, 0.3) is 0 Å². The molecular weight excluding hydrogens is 481 g/mol. The van der Waals surface area contributed by atoms with Crippen LogP contribution < -0.4 is 10.6 Å². The molecule has 0 saturated carbocycles. The van der Waals surface area contributed by atoms with Crippen molar-refractivity contribution in [1.29, 1.82) is 0 Å². The molecule has 0 spiro atoms. The Morgan fingerprint density at radius 1 is 1.17 bits per heavy atom. The molecule has 0 unspecified atom stereocenters. The number of aryl methyl sites for hydroxylation is 1. The standard InChI is InChI=1S/C20H29N7O.HI/c1-3-18-25-24-15-26(18)12-11-23-20(21-2)22-10-6-9-19(28)27-13-16-7-4-5-8-17(16)14-27;/h4-5,7-8,15H,3,6,9-14H2,1-2H3,(H2,21,22,23);1H. The molecule has 2 N–H and O–H groups in total. The zero-order valence-corrected chi connectivity index (χ0v) is 19.4. The van der Waals surface area contributed by atoms with E-state index in [1.165, 1.54) is 11.1 Å². The van der Waals surface area contributed by atoms with Crippen LogP contribution in [-0.4, -0.2) is 51.7 Å². The monoisotopic (exact) mass is 511 g/mol. The molecule has 1 amide bonds. The van der Waals surface area contributed by atoms with Gasteiger partial charge in [-0.2, -0.15) is 0 Å². The predicted molar refractivity (Wildman–Crippen MR) is 124 cm³/mol. The number of hydrogen-bond donors (Lipinski definition) is 2. The Kier molecular flexibility index (Phi) is 9.36. The van der Waals surface area contributed by atoms with E-state index in [9.17, 15) is 4.79 Å². The van der Waals surface area contributed by atoms with Crippen LogP contribution in [0.4, 0.5) is 0 Å². The minimum atomic E-state index is 0. The Morgan fingerprint density at radius 2 is 1.86 bits per heavy atom. The van der Waals surface area contributed by atoms with Crippen LogP contribution in [0.25, 0.3) is 0 Å². The van der Waals surface area contributed by atoms with Crippen molar-refractivity contribution in [3.05, 3.63) is 47.5 Å². The second-order valence-corrected chi connectivity index (χ2v) is 6.84. The highest BCUT2D eigenvalue weighted by atomic mass is 127. The molecule has 0 radical (unpaired) electrons. The molecule has 0 bridgehead atoms. The van der Waals surface area contributed by atoms with Gasteiger partial charge < -0.3 is 20.1 Å². The van der Waals surface area contributed by atoms with Crippen LogP contribution in [0.1, 0.15) is 36.7 Å². The summed E-state index contributed by atoms with van der Waals surface area (Å²) in [6.07, 6.45) is 3.93. The van der Waals surface area contributed by atoms with Crippen LogP contribution in [0, 0.1) is 0 Å². The van der Waals surface area contributed by atoms with Gasteiger partial charge >= 0.3 is 0 Å². The van der Waals surface area contributed by atoms with Crippen LogP contribution in [0.2, 0.25) is 0 Å². The van der Waals surface area contributed by atoms with Gasteiger partial charge in [0.2, 0.25) is 5.91 Å². The van der Waals surface area contributed by atoms with Crippen LogP contribution in [0.3, 0.4) is 0 Å². The van der Waals surface area contributed by atoms with E-state index in [4.69, 9.17) is 0 Å². The van der Waals surface area contributed by atoms with Gasteiger partial charge in [-0.05, 0) is 17.5 Å². The topological polar surface area (TPSA) is 87.4 Å². The first kappa shape index (κ1) is 23.1. The zero-order valence-electron chi connectivity index (χ0n) is 17.1. The van der Waals surface area contributed by atoms with E-state index in [1.54, 1.807) is 13.4 Å². The minimum absolute atomic E-state index is 0. The molecule has 29 heavy (non-hydrogen) atoms. The highest BCUT2D eigenvalue weighted by Gasteiger charge is 2.22. The fraction of sp³-hybridized carbons (Fsp3) is 0.500. The van der Waals surface area contributed by atoms with Gasteiger partial charge in [-0.15, -0.1) is 34.2 Å². The molecule has 2 aromatic rings. The van der Waals surface area contributed by atoms with Crippen molar-refractivity contribution in [3.8, 4) is 0 Å². The molecule has 9 heteroatoms. The molecule has 1 aromatic carbocycles. The number of rotatable bonds is 8. The lowest BCUT2D eigenvalue weighted by molar-refractivity contribution is -0.131. The van der Waals surface area contributed by atoms with Crippen LogP contribution in [0.15, 0.2) is 35.6 Å². The number of carbonyl (C=O) groups is 1. The molecule has 0 atom stereocenters. The number of halogens is 1. The van der Waals surface area contributed by atoms with E-state index in [0.717, 1.165) is 50.8 Å². The maximum Gasteiger partial charge on any atom is 0.223 e. The predicted octanol–water partition coefficient (Wildman–Crippen LogP) is 1.95. The molecular formula is C20H30IN7O. The van der Waals surface area contributed by atoms with Crippen LogP contribution in [-0.2, 0) is 30.8 Å². The van der Waals surface area contributed by atoms with Gasteiger partial charge in [-0.3, -0.25) is 9.79 Å². The summed E-state index contributed by atoms with van der Waals surface area (Å²) in [6.45, 7) is 5.75. The van der Waals surface area contributed by atoms with Gasteiger partial charge in [0.15, 0.2) is 5.96 Å². The first-order valence-corrected chi connectivity index (χ1v) is 9.87. The number of nitrogens with zero attached hydrogens (tertiary/aromatic N) is 5. The van der Waals surface area contributed by atoms with Crippen molar-refractivity contribution in [2.24, 2.45) is 4.99 Å². The lowest BCUT2D eigenvalue weighted by Crippen LogP contribution is -2.39. The van der Waals surface area contributed by atoms with Crippen molar-refractivity contribution in [1.82, 2.24) is 30.3 Å². The fourth-order valence-electron chi connectivity index (χ4n) is 3.37. The molecule has 3 rings (SSSR count). The third-order valence-corrected chi connectivity index (χ3v) is 4.93. The maximum absolute atomic E-state index is 12.4. The fourth-order valence-corrected chi connectivity index (χ4v) is 3.37. The Morgan fingerprint density at radius 3 is 2.52 bits per heavy atom. The molecule has 158 valence electrons. The molecule has 0 saturated heterocycles. The quantitative estimate of drug-likeness (QED) is 0.245. The second-order valence-electron chi connectivity index (χ2n) is 6.84. The average Bonchev–Trinajstić information content (AvgIpc) is 3.35. The van der Waals surface area contributed by atoms with Crippen LogP contribution >= 0.6 is 24.0 Å². The van der Waals surface area contributed by atoms with Crippen LogP contribution in [0.5, 0.6) is 0 Å². The van der Waals surface area contributed by atoms with Crippen molar-refractivity contribution < 1.29 is 4.79 Å². The summed E-state index contributed by atoms with van der Waals surface area (Å²) >= 11 is 0. The zero-order chi connectivity index (χ0) is 19.8. The van der Waals surface area contributed by atoms with Crippen molar-refractivity contribution in [2.75, 3.05) is 20.1 Å². The van der Waals surface area contributed by atoms with Gasteiger partial charge in [0.1, 0.15) is 12.2 Å². The normalized spacial score (nSPS) is 13.0. The van der Waals surface area contributed by atoms with E-state index >= 15 is 0 Å². The van der Waals surface area contributed by atoms with E-state index in [2.05, 4.69) is 44.9 Å². The largest absolute Gasteiger partial charge is 0.356 e.